The maximum atomic E-state index is 12.9. The van der Waals surface area contributed by atoms with E-state index in [-0.39, 0.29) is 16.9 Å². The van der Waals surface area contributed by atoms with Gasteiger partial charge in [0, 0.05) is 18.1 Å². The number of halogens is 1. The van der Waals surface area contributed by atoms with E-state index in [0.29, 0.717) is 48.1 Å². The SMILES string of the molecule is C=N/C(OC1CCN(S(=O)(=O)c2c(C)n[nH]c2C)CC1)=C(\C=C(/C)Cl)OC. The first-order valence-corrected chi connectivity index (χ1v) is 10.3. The van der Waals surface area contributed by atoms with Crippen LogP contribution in [0.2, 0.25) is 0 Å². The van der Waals surface area contributed by atoms with Gasteiger partial charge < -0.3 is 9.47 Å². The number of allylic oxidation sites excluding steroid dienone is 2. The number of sulfonamides is 1. The summed E-state index contributed by atoms with van der Waals surface area (Å²) in [7, 11) is -2.10. The van der Waals surface area contributed by atoms with Gasteiger partial charge in [-0.15, -0.1) is 0 Å². The number of nitrogens with zero attached hydrogens (tertiary/aromatic N) is 3. The maximum absolute atomic E-state index is 12.9. The van der Waals surface area contributed by atoms with Crippen LogP contribution >= 0.6 is 11.6 Å². The first-order chi connectivity index (χ1) is 12.7. The topological polar surface area (TPSA) is 96.9 Å². The minimum atomic E-state index is -3.59. The number of aromatic amines is 1. The second kappa shape index (κ2) is 8.90. The highest BCUT2D eigenvalue weighted by Gasteiger charge is 2.33. The fourth-order valence-corrected chi connectivity index (χ4v) is 4.86. The zero-order chi connectivity index (χ0) is 20.2. The fraction of sp³-hybridized carbons (Fsp3) is 0.529. The summed E-state index contributed by atoms with van der Waals surface area (Å²) >= 11 is 5.89. The van der Waals surface area contributed by atoms with Crippen LogP contribution in [0.5, 0.6) is 0 Å². The molecule has 2 heterocycles. The number of aliphatic imine (C=N–C) groups is 1. The van der Waals surface area contributed by atoms with E-state index in [2.05, 4.69) is 21.9 Å². The molecule has 1 fully saturated rings. The van der Waals surface area contributed by atoms with Gasteiger partial charge in [-0.2, -0.15) is 9.40 Å². The minimum Gasteiger partial charge on any atom is -0.491 e. The van der Waals surface area contributed by atoms with Crippen LogP contribution < -0.4 is 0 Å². The van der Waals surface area contributed by atoms with E-state index in [9.17, 15) is 8.42 Å². The summed E-state index contributed by atoms with van der Waals surface area (Å²) in [5.41, 5.74) is 1.01. The van der Waals surface area contributed by atoms with Crippen LogP contribution in [0, 0.1) is 13.8 Å². The molecule has 1 aromatic rings. The number of piperidine rings is 1. The molecule has 0 spiro atoms. The van der Waals surface area contributed by atoms with Gasteiger partial charge in [-0.05, 0) is 46.4 Å². The molecule has 0 atom stereocenters. The molecule has 1 N–H and O–H groups in total. The fourth-order valence-electron chi connectivity index (χ4n) is 2.96. The monoisotopic (exact) mass is 416 g/mol. The lowest BCUT2D eigenvalue weighted by Gasteiger charge is -2.31. The van der Waals surface area contributed by atoms with Crippen molar-refractivity contribution in [2.24, 2.45) is 4.99 Å². The molecule has 2 rings (SSSR count). The van der Waals surface area contributed by atoms with Crippen LogP contribution in [0.3, 0.4) is 0 Å². The molecule has 8 nitrogen and oxygen atoms in total. The maximum Gasteiger partial charge on any atom is 0.256 e. The summed E-state index contributed by atoms with van der Waals surface area (Å²) in [4.78, 5) is 4.12. The highest BCUT2D eigenvalue weighted by molar-refractivity contribution is 7.89. The summed E-state index contributed by atoms with van der Waals surface area (Å²) in [5.74, 6) is 0.609. The van der Waals surface area contributed by atoms with Gasteiger partial charge in [-0.25, -0.2) is 13.4 Å². The van der Waals surface area contributed by atoms with Crippen LogP contribution in [0.4, 0.5) is 0 Å². The van der Waals surface area contributed by atoms with E-state index < -0.39 is 10.0 Å². The van der Waals surface area contributed by atoms with Gasteiger partial charge in [-0.1, -0.05) is 11.6 Å². The first kappa shape index (κ1) is 21.5. The number of aromatic nitrogens is 2. The molecule has 10 heteroatoms. The molecule has 0 aromatic carbocycles. The summed E-state index contributed by atoms with van der Waals surface area (Å²) < 4.78 is 38.4. The Bertz CT molecular complexity index is 829. The number of H-pyrrole nitrogens is 1. The van der Waals surface area contributed by atoms with Gasteiger partial charge in [0.1, 0.15) is 11.0 Å². The molecular formula is C17H25ClN4O4S. The van der Waals surface area contributed by atoms with Crippen molar-refractivity contribution in [2.75, 3.05) is 20.2 Å². The zero-order valence-corrected chi connectivity index (χ0v) is 17.5. The van der Waals surface area contributed by atoms with Gasteiger partial charge in [0.2, 0.25) is 10.0 Å². The molecule has 0 amide bonds. The van der Waals surface area contributed by atoms with Crippen LogP contribution in [-0.4, -0.2) is 55.9 Å². The van der Waals surface area contributed by atoms with Gasteiger partial charge >= 0.3 is 0 Å². The van der Waals surface area contributed by atoms with Gasteiger partial charge in [0.05, 0.1) is 18.5 Å². The lowest BCUT2D eigenvalue weighted by molar-refractivity contribution is 0.0612. The molecule has 1 saturated heterocycles. The number of nitrogens with one attached hydrogen (secondary N) is 1. The molecule has 27 heavy (non-hydrogen) atoms. The molecule has 150 valence electrons. The Morgan fingerprint density at radius 1 is 1.41 bits per heavy atom. The molecular weight excluding hydrogens is 392 g/mol. The van der Waals surface area contributed by atoms with Crippen LogP contribution in [-0.2, 0) is 19.5 Å². The summed E-state index contributed by atoms with van der Waals surface area (Å²) in [6.45, 7) is 9.28. The van der Waals surface area contributed by atoms with Crippen molar-refractivity contribution in [1.29, 1.82) is 0 Å². The van der Waals surface area contributed by atoms with E-state index in [4.69, 9.17) is 21.1 Å². The Kier molecular flexibility index (Phi) is 7.07. The van der Waals surface area contributed by atoms with Crippen molar-refractivity contribution < 1.29 is 17.9 Å². The molecule has 0 saturated carbocycles. The van der Waals surface area contributed by atoms with E-state index in [1.54, 1.807) is 26.8 Å². The Morgan fingerprint density at radius 3 is 2.48 bits per heavy atom. The van der Waals surface area contributed by atoms with Gasteiger partial charge in [0.25, 0.3) is 5.88 Å². The second-order valence-electron chi connectivity index (χ2n) is 6.25. The predicted molar refractivity (Wildman–Crippen MR) is 104 cm³/mol. The highest BCUT2D eigenvalue weighted by Crippen LogP contribution is 2.27. The average molecular weight is 417 g/mol. The summed E-state index contributed by atoms with van der Waals surface area (Å²) in [6, 6.07) is 0. The van der Waals surface area contributed by atoms with Gasteiger partial charge in [-0.3, -0.25) is 5.10 Å². The zero-order valence-electron chi connectivity index (χ0n) is 16.0. The van der Waals surface area contributed by atoms with Crippen LogP contribution in [0.15, 0.2) is 32.6 Å². The number of hydrogen-bond donors (Lipinski definition) is 1. The Morgan fingerprint density at radius 2 is 2.04 bits per heavy atom. The Balaban J connectivity index is 2.10. The average Bonchev–Trinajstić information content (AvgIpc) is 2.97. The summed E-state index contributed by atoms with van der Waals surface area (Å²) in [5, 5.41) is 7.22. The largest absolute Gasteiger partial charge is 0.491 e. The van der Waals surface area contributed by atoms with E-state index in [0.717, 1.165) is 0 Å². The van der Waals surface area contributed by atoms with Crippen molar-refractivity contribution in [1.82, 2.24) is 14.5 Å². The third-order valence-electron chi connectivity index (χ3n) is 4.24. The summed E-state index contributed by atoms with van der Waals surface area (Å²) in [6.07, 6.45) is 2.44. The standard InChI is InChI=1S/C17H25ClN4O4S/c1-11(18)10-15(25-5)17(19-4)26-14-6-8-22(9-7-14)27(23,24)16-12(2)20-21-13(16)3/h10,14H,4,6-9H2,1-3,5H3,(H,20,21)/b11-10+,17-15-. The molecule has 1 aromatic heterocycles. The van der Waals surface area contributed by atoms with Crippen molar-refractivity contribution in [3.05, 3.63) is 34.1 Å². The predicted octanol–water partition coefficient (Wildman–Crippen LogP) is 2.85. The third-order valence-corrected chi connectivity index (χ3v) is 6.51. The number of ether oxygens (including phenoxy) is 2. The number of aryl methyl sites for hydroxylation is 2. The lowest BCUT2D eigenvalue weighted by Crippen LogP contribution is -2.41. The van der Waals surface area contributed by atoms with Crippen molar-refractivity contribution in [3.8, 4) is 0 Å². The smallest absolute Gasteiger partial charge is 0.256 e. The second-order valence-corrected chi connectivity index (χ2v) is 8.72. The Labute approximate surface area is 164 Å². The quantitative estimate of drug-likeness (QED) is 0.418. The van der Waals surface area contributed by atoms with Crippen molar-refractivity contribution in [3.63, 3.8) is 0 Å². The number of rotatable bonds is 7. The van der Waals surface area contributed by atoms with Crippen molar-refractivity contribution in [2.45, 2.75) is 44.6 Å². The Hall–Kier alpha value is -1.84. The molecule has 0 aliphatic carbocycles. The van der Waals surface area contributed by atoms with E-state index in [1.807, 2.05) is 0 Å². The van der Waals surface area contributed by atoms with Crippen LogP contribution in [0.25, 0.3) is 0 Å². The normalized spacial score (nSPS) is 18.2. The van der Waals surface area contributed by atoms with E-state index >= 15 is 0 Å². The highest BCUT2D eigenvalue weighted by atomic mass is 35.5. The third kappa shape index (κ3) is 4.91. The van der Waals surface area contributed by atoms with Crippen LogP contribution in [0.1, 0.15) is 31.2 Å². The number of methoxy groups -OCH3 is 1. The molecule has 0 unspecified atom stereocenters. The molecule has 1 aliphatic rings. The van der Waals surface area contributed by atoms with Gasteiger partial charge in [0.15, 0.2) is 5.76 Å². The molecule has 0 radical (unpaired) electrons. The van der Waals surface area contributed by atoms with E-state index in [1.165, 1.54) is 11.4 Å². The molecule has 0 bridgehead atoms. The molecule has 1 aliphatic heterocycles. The lowest BCUT2D eigenvalue weighted by atomic mass is 10.1. The van der Waals surface area contributed by atoms with Crippen molar-refractivity contribution >= 4 is 28.3 Å². The first-order valence-electron chi connectivity index (χ1n) is 8.47. The number of hydrogen-bond acceptors (Lipinski definition) is 6. The minimum absolute atomic E-state index is 0.197.